The molecule has 0 radical (unpaired) electrons. The summed E-state index contributed by atoms with van der Waals surface area (Å²) in [6.07, 6.45) is 2.90. The maximum absolute atomic E-state index is 11.8. The molecule has 2 N–H and O–H groups in total. The van der Waals surface area contributed by atoms with Gasteiger partial charge in [0.1, 0.15) is 0 Å². The Morgan fingerprint density at radius 2 is 2.19 bits per heavy atom. The van der Waals surface area contributed by atoms with Crippen LogP contribution >= 0.6 is 11.3 Å². The van der Waals surface area contributed by atoms with Crippen LogP contribution in [0.25, 0.3) is 0 Å². The van der Waals surface area contributed by atoms with Crippen molar-refractivity contribution in [2.24, 2.45) is 0 Å². The molecule has 0 saturated carbocycles. The smallest absolute Gasteiger partial charge is 0.321 e. The van der Waals surface area contributed by atoms with Crippen LogP contribution in [-0.4, -0.2) is 43.0 Å². The van der Waals surface area contributed by atoms with Crippen molar-refractivity contribution >= 4 is 23.3 Å². The highest BCUT2D eigenvalue weighted by atomic mass is 32.1. The lowest BCUT2D eigenvalue weighted by Gasteiger charge is -2.23. The van der Waals surface area contributed by atoms with Gasteiger partial charge in [0, 0.05) is 17.5 Å². The molecule has 0 fully saturated rings. The van der Waals surface area contributed by atoms with Crippen molar-refractivity contribution in [1.82, 2.24) is 15.5 Å². The van der Waals surface area contributed by atoms with Crippen LogP contribution in [0.5, 0.6) is 0 Å². The van der Waals surface area contributed by atoms with Gasteiger partial charge in [-0.1, -0.05) is 19.4 Å². The van der Waals surface area contributed by atoms with Gasteiger partial charge < -0.3 is 5.32 Å². The van der Waals surface area contributed by atoms with E-state index in [0.717, 1.165) is 19.3 Å². The Bertz CT molecular complexity index is 434. The van der Waals surface area contributed by atoms with Crippen molar-refractivity contribution in [3.63, 3.8) is 0 Å². The second-order valence-electron chi connectivity index (χ2n) is 5.19. The monoisotopic (exact) mass is 311 g/mol. The van der Waals surface area contributed by atoms with E-state index in [9.17, 15) is 9.59 Å². The number of hydrogen-bond donors (Lipinski definition) is 2. The summed E-state index contributed by atoms with van der Waals surface area (Å²) in [5.41, 5.74) is 0. The Labute approximate surface area is 130 Å². The lowest BCUT2D eigenvalue weighted by atomic mass is 10.2. The Balaban J connectivity index is 2.19. The number of rotatable bonds is 8. The molecule has 1 rings (SSSR count). The molecule has 0 aliphatic rings. The molecule has 1 aromatic heterocycles. The number of amides is 3. The van der Waals surface area contributed by atoms with Gasteiger partial charge in [-0.25, -0.2) is 4.79 Å². The molecule has 0 aliphatic heterocycles. The highest BCUT2D eigenvalue weighted by Crippen LogP contribution is 2.08. The fourth-order valence-corrected chi connectivity index (χ4v) is 2.69. The van der Waals surface area contributed by atoms with E-state index in [4.69, 9.17) is 0 Å². The molecule has 0 spiro atoms. The molecule has 3 amide bonds. The summed E-state index contributed by atoms with van der Waals surface area (Å²) < 4.78 is 0. The summed E-state index contributed by atoms with van der Waals surface area (Å²) in [6, 6.07) is 3.92. The van der Waals surface area contributed by atoms with Crippen LogP contribution in [0.2, 0.25) is 0 Å². The third-order valence-corrected chi connectivity index (χ3v) is 4.28. The van der Waals surface area contributed by atoms with Gasteiger partial charge in [0.15, 0.2) is 0 Å². The minimum atomic E-state index is -0.423. The standard InChI is InChI=1S/C15H25N3O2S/c1-4-6-12(2)18(3)11-14(19)17-15(20)16-9-8-13-7-5-10-21-13/h5,7,10,12H,4,6,8-9,11H2,1-3H3,(H2,16,17,19,20)/t12-/m1/s1. The third-order valence-electron chi connectivity index (χ3n) is 3.34. The number of carbonyl (C=O) groups is 2. The number of imide groups is 1. The van der Waals surface area contributed by atoms with Crippen LogP contribution in [0.1, 0.15) is 31.6 Å². The maximum atomic E-state index is 11.8. The first-order valence-electron chi connectivity index (χ1n) is 7.33. The van der Waals surface area contributed by atoms with Crippen molar-refractivity contribution in [2.75, 3.05) is 20.1 Å². The van der Waals surface area contributed by atoms with Gasteiger partial charge >= 0.3 is 6.03 Å². The maximum Gasteiger partial charge on any atom is 0.321 e. The topological polar surface area (TPSA) is 61.4 Å². The summed E-state index contributed by atoms with van der Waals surface area (Å²) in [6.45, 7) is 4.96. The fraction of sp³-hybridized carbons (Fsp3) is 0.600. The van der Waals surface area contributed by atoms with Crippen molar-refractivity contribution in [3.05, 3.63) is 22.4 Å². The summed E-state index contributed by atoms with van der Waals surface area (Å²) in [5.74, 6) is -0.269. The number of nitrogens with zero attached hydrogens (tertiary/aromatic N) is 1. The zero-order valence-corrected chi connectivity index (χ0v) is 13.8. The van der Waals surface area contributed by atoms with E-state index in [1.54, 1.807) is 11.3 Å². The molecule has 0 aliphatic carbocycles. The van der Waals surface area contributed by atoms with Crippen molar-refractivity contribution in [1.29, 1.82) is 0 Å². The molecule has 1 aromatic rings. The molecule has 1 atom stereocenters. The quantitative estimate of drug-likeness (QED) is 0.774. The molecule has 0 aromatic carbocycles. The third kappa shape index (κ3) is 7.24. The second-order valence-corrected chi connectivity index (χ2v) is 6.22. The minimum Gasteiger partial charge on any atom is -0.337 e. The van der Waals surface area contributed by atoms with Crippen molar-refractivity contribution in [3.8, 4) is 0 Å². The molecule has 118 valence electrons. The highest BCUT2D eigenvalue weighted by molar-refractivity contribution is 7.09. The first kappa shape index (κ1) is 17.7. The van der Waals surface area contributed by atoms with E-state index in [2.05, 4.69) is 24.5 Å². The zero-order chi connectivity index (χ0) is 15.7. The summed E-state index contributed by atoms with van der Waals surface area (Å²) in [4.78, 5) is 26.5. The molecule has 5 nitrogen and oxygen atoms in total. The molecule has 6 heteroatoms. The Morgan fingerprint density at radius 1 is 1.43 bits per heavy atom. The first-order valence-corrected chi connectivity index (χ1v) is 8.21. The predicted octanol–water partition coefficient (Wildman–Crippen LogP) is 2.24. The van der Waals surface area contributed by atoms with Gasteiger partial charge in [-0.05, 0) is 38.3 Å². The second kappa shape index (κ2) is 9.52. The van der Waals surface area contributed by atoms with Crippen molar-refractivity contribution < 1.29 is 9.59 Å². The molecule has 0 unspecified atom stereocenters. The first-order chi connectivity index (χ1) is 10.0. The lowest BCUT2D eigenvalue weighted by molar-refractivity contribution is -0.121. The molecular weight excluding hydrogens is 286 g/mol. The van der Waals surface area contributed by atoms with Gasteiger partial charge in [0.05, 0.1) is 6.54 Å². The Morgan fingerprint density at radius 3 is 2.81 bits per heavy atom. The molecule has 0 saturated heterocycles. The summed E-state index contributed by atoms with van der Waals surface area (Å²) in [7, 11) is 1.90. The van der Waals surface area contributed by atoms with E-state index in [0.29, 0.717) is 12.6 Å². The van der Waals surface area contributed by atoms with Crippen LogP contribution in [0, 0.1) is 0 Å². The summed E-state index contributed by atoms with van der Waals surface area (Å²) >= 11 is 1.66. The molecular formula is C15H25N3O2S. The Hall–Kier alpha value is -1.40. The summed E-state index contributed by atoms with van der Waals surface area (Å²) in [5, 5.41) is 7.06. The zero-order valence-electron chi connectivity index (χ0n) is 13.0. The van der Waals surface area contributed by atoms with Crippen LogP contribution in [0.15, 0.2) is 17.5 Å². The van der Waals surface area contributed by atoms with Crippen LogP contribution < -0.4 is 10.6 Å². The fourth-order valence-electron chi connectivity index (χ4n) is 1.98. The SMILES string of the molecule is CCC[C@@H](C)N(C)CC(=O)NC(=O)NCCc1cccs1. The molecule has 1 heterocycles. The van der Waals surface area contributed by atoms with E-state index >= 15 is 0 Å². The minimum absolute atomic E-state index is 0.236. The Kier molecular flexibility index (Phi) is 8.00. The number of carbonyl (C=O) groups excluding carboxylic acids is 2. The van der Waals surface area contributed by atoms with Gasteiger partial charge in [0.2, 0.25) is 5.91 Å². The van der Waals surface area contributed by atoms with Gasteiger partial charge in [0.25, 0.3) is 0 Å². The van der Waals surface area contributed by atoms with Crippen molar-refractivity contribution in [2.45, 2.75) is 39.2 Å². The van der Waals surface area contributed by atoms with Crippen LogP contribution in [-0.2, 0) is 11.2 Å². The average Bonchev–Trinajstić information content (AvgIpc) is 2.91. The average molecular weight is 311 g/mol. The highest BCUT2D eigenvalue weighted by Gasteiger charge is 2.14. The van der Waals surface area contributed by atoms with Gasteiger partial charge in [-0.2, -0.15) is 0 Å². The van der Waals surface area contributed by atoms with E-state index in [1.807, 2.05) is 29.5 Å². The number of likely N-dealkylation sites (N-methyl/N-ethyl adjacent to an activating group) is 1. The predicted molar refractivity (Wildman–Crippen MR) is 86.6 cm³/mol. The molecule has 21 heavy (non-hydrogen) atoms. The van der Waals surface area contributed by atoms with Gasteiger partial charge in [-0.3, -0.25) is 15.0 Å². The normalized spacial score (nSPS) is 12.2. The van der Waals surface area contributed by atoms with Crippen LogP contribution in [0.4, 0.5) is 4.79 Å². The number of nitrogens with one attached hydrogen (secondary N) is 2. The van der Waals surface area contributed by atoms with E-state index in [-0.39, 0.29) is 12.5 Å². The largest absolute Gasteiger partial charge is 0.337 e. The number of urea groups is 1. The number of hydrogen-bond acceptors (Lipinski definition) is 4. The van der Waals surface area contributed by atoms with E-state index in [1.165, 1.54) is 4.88 Å². The van der Waals surface area contributed by atoms with Gasteiger partial charge in [-0.15, -0.1) is 11.3 Å². The van der Waals surface area contributed by atoms with E-state index < -0.39 is 6.03 Å². The van der Waals surface area contributed by atoms with Crippen LogP contribution in [0.3, 0.4) is 0 Å². The molecule has 0 bridgehead atoms. The lowest BCUT2D eigenvalue weighted by Crippen LogP contribution is -2.45. The number of thiophene rings is 1.